The predicted molar refractivity (Wildman–Crippen MR) is 131 cm³/mol. The molecule has 2 amide bonds. The van der Waals surface area contributed by atoms with Gasteiger partial charge in [-0.1, -0.05) is 48.5 Å². The number of aliphatic carboxylic acids is 1. The van der Waals surface area contributed by atoms with E-state index in [0.717, 1.165) is 25.7 Å². The average molecular weight is 477 g/mol. The van der Waals surface area contributed by atoms with Crippen molar-refractivity contribution in [3.63, 3.8) is 0 Å². The zero-order valence-corrected chi connectivity index (χ0v) is 19.8. The number of likely N-dealkylation sites (tertiary alicyclic amines) is 1. The third-order valence-electron chi connectivity index (χ3n) is 7.85. The van der Waals surface area contributed by atoms with Crippen LogP contribution in [0, 0.1) is 11.8 Å². The van der Waals surface area contributed by atoms with Crippen molar-refractivity contribution in [3.8, 4) is 11.1 Å². The molecule has 1 aliphatic heterocycles. The SMILES string of the molecule is O=C(NCC1CCC(CC(=O)N2CCC[C@H]2C(=O)O)C1)OCC1c2ccccc2-c2ccccc21. The standard InChI is InChI=1S/C28H32N2O5/c31-26(30-13-5-10-25(30)27(32)33)15-18-11-12-19(14-18)16-29-28(34)35-17-24-22-8-3-1-6-20(22)21-7-2-4-9-23(21)24/h1-4,6-9,18-19,24-25H,5,10-17H2,(H,29,34)(H,32,33)/t18?,19?,25-/m0/s1. The maximum Gasteiger partial charge on any atom is 0.407 e. The summed E-state index contributed by atoms with van der Waals surface area (Å²) in [5.41, 5.74) is 4.78. The predicted octanol–water partition coefficient (Wildman–Crippen LogP) is 4.41. The van der Waals surface area contributed by atoms with Crippen LogP contribution in [0.5, 0.6) is 0 Å². The molecular weight excluding hydrogens is 444 g/mol. The Kier molecular flexibility index (Phi) is 6.75. The van der Waals surface area contributed by atoms with Gasteiger partial charge in [-0.25, -0.2) is 9.59 Å². The molecule has 7 heteroatoms. The molecule has 2 unspecified atom stereocenters. The van der Waals surface area contributed by atoms with Crippen molar-refractivity contribution in [2.24, 2.45) is 11.8 Å². The summed E-state index contributed by atoms with van der Waals surface area (Å²) in [6.07, 6.45) is 4.01. The summed E-state index contributed by atoms with van der Waals surface area (Å²) in [7, 11) is 0. The van der Waals surface area contributed by atoms with E-state index >= 15 is 0 Å². The van der Waals surface area contributed by atoms with Gasteiger partial charge in [0.25, 0.3) is 0 Å². The van der Waals surface area contributed by atoms with Crippen molar-refractivity contribution in [1.29, 1.82) is 0 Å². The van der Waals surface area contributed by atoms with Gasteiger partial charge in [0.2, 0.25) is 5.91 Å². The van der Waals surface area contributed by atoms with E-state index in [9.17, 15) is 19.5 Å². The minimum Gasteiger partial charge on any atom is -0.480 e. The van der Waals surface area contributed by atoms with E-state index in [4.69, 9.17) is 4.74 Å². The molecule has 1 heterocycles. The summed E-state index contributed by atoms with van der Waals surface area (Å²) in [6, 6.07) is 15.9. The van der Waals surface area contributed by atoms with Crippen molar-refractivity contribution < 1.29 is 24.2 Å². The van der Waals surface area contributed by atoms with Crippen molar-refractivity contribution in [2.75, 3.05) is 19.7 Å². The molecule has 2 aliphatic carbocycles. The van der Waals surface area contributed by atoms with Gasteiger partial charge in [0, 0.05) is 25.4 Å². The number of hydrogen-bond donors (Lipinski definition) is 2. The van der Waals surface area contributed by atoms with E-state index in [1.807, 2.05) is 24.3 Å². The molecule has 0 radical (unpaired) electrons. The second kappa shape index (κ2) is 10.1. The van der Waals surface area contributed by atoms with Crippen LogP contribution in [-0.4, -0.2) is 53.7 Å². The molecule has 2 aromatic rings. The Morgan fingerprint density at radius 3 is 2.29 bits per heavy atom. The van der Waals surface area contributed by atoms with Gasteiger partial charge in [-0.3, -0.25) is 4.79 Å². The van der Waals surface area contributed by atoms with E-state index in [1.165, 1.54) is 27.2 Å². The Hall–Kier alpha value is -3.35. The minimum atomic E-state index is -0.910. The lowest BCUT2D eigenvalue weighted by Gasteiger charge is -2.23. The number of alkyl carbamates (subject to hydrolysis) is 1. The highest BCUT2D eigenvalue weighted by Crippen LogP contribution is 2.44. The van der Waals surface area contributed by atoms with Crippen LogP contribution < -0.4 is 5.32 Å². The quantitative estimate of drug-likeness (QED) is 0.617. The summed E-state index contributed by atoms with van der Waals surface area (Å²) in [6.45, 7) is 1.36. The van der Waals surface area contributed by atoms with Gasteiger partial charge >= 0.3 is 12.1 Å². The lowest BCUT2D eigenvalue weighted by molar-refractivity contribution is -0.148. The molecule has 1 saturated carbocycles. The summed E-state index contributed by atoms with van der Waals surface area (Å²) in [5.74, 6) is -0.373. The van der Waals surface area contributed by atoms with E-state index in [-0.39, 0.29) is 17.7 Å². The monoisotopic (exact) mass is 476 g/mol. The Morgan fingerprint density at radius 2 is 1.60 bits per heavy atom. The van der Waals surface area contributed by atoms with Crippen molar-refractivity contribution in [1.82, 2.24) is 10.2 Å². The van der Waals surface area contributed by atoms with Crippen LogP contribution in [0.2, 0.25) is 0 Å². The van der Waals surface area contributed by atoms with Crippen molar-refractivity contribution in [3.05, 3.63) is 59.7 Å². The largest absolute Gasteiger partial charge is 0.480 e. The first kappa shape index (κ1) is 23.4. The highest BCUT2D eigenvalue weighted by molar-refractivity contribution is 5.84. The van der Waals surface area contributed by atoms with Crippen LogP contribution in [0.25, 0.3) is 11.1 Å². The maximum atomic E-state index is 12.6. The van der Waals surface area contributed by atoms with Crippen LogP contribution in [0.4, 0.5) is 4.79 Å². The van der Waals surface area contributed by atoms with Gasteiger partial charge in [-0.05, 0) is 66.2 Å². The molecule has 2 fully saturated rings. The topological polar surface area (TPSA) is 95.9 Å². The Morgan fingerprint density at radius 1 is 0.943 bits per heavy atom. The van der Waals surface area contributed by atoms with Gasteiger partial charge in [0.05, 0.1) is 0 Å². The zero-order chi connectivity index (χ0) is 24.4. The van der Waals surface area contributed by atoms with Gasteiger partial charge in [-0.15, -0.1) is 0 Å². The Bertz CT molecular complexity index is 1070. The van der Waals surface area contributed by atoms with Gasteiger partial charge in [0.15, 0.2) is 0 Å². The number of nitrogens with zero attached hydrogens (tertiary/aromatic N) is 1. The molecule has 0 aromatic heterocycles. The number of ether oxygens (including phenoxy) is 1. The molecule has 5 rings (SSSR count). The van der Waals surface area contributed by atoms with E-state index in [1.54, 1.807) is 0 Å². The zero-order valence-electron chi connectivity index (χ0n) is 19.8. The molecule has 35 heavy (non-hydrogen) atoms. The van der Waals surface area contributed by atoms with Crippen LogP contribution >= 0.6 is 0 Å². The van der Waals surface area contributed by atoms with Crippen molar-refractivity contribution >= 4 is 18.0 Å². The number of benzene rings is 2. The first-order valence-corrected chi connectivity index (χ1v) is 12.6. The van der Waals surface area contributed by atoms with Gasteiger partial charge in [-0.2, -0.15) is 0 Å². The third-order valence-corrected chi connectivity index (χ3v) is 7.85. The summed E-state index contributed by atoms with van der Waals surface area (Å²) >= 11 is 0. The van der Waals surface area contributed by atoms with Crippen LogP contribution in [-0.2, 0) is 14.3 Å². The number of carbonyl (C=O) groups is 3. The lowest BCUT2D eigenvalue weighted by atomic mass is 9.98. The molecule has 7 nitrogen and oxygen atoms in total. The molecule has 2 N–H and O–H groups in total. The number of hydrogen-bond acceptors (Lipinski definition) is 4. The fourth-order valence-electron chi connectivity index (χ4n) is 6.11. The average Bonchev–Trinajstić information content (AvgIpc) is 3.59. The number of amides is 2. The number of carboxylic acid groups (broad SMARTS) is 1. The van der Waals surface area contributed by atoms with Crippen LogP contribution in [0.3, 0.4) is 0 Å². The first-order valence-electron chi connectivity index (χ1n) is 12.6. The molecule has 184 valence electrons. The van der Waals surface area contributed by atoms with Crippen LogP contribution in [0.15, 0.2) is 48.5 Å². The number of fused-ring (bicyclic) bond motifs is 3. The van der Waals surface area contributed by atoms with E-state index in [2.05, 4.69) is 29.6 Å². The second-order valence-electron chi connectivity index (χ2n) is 10.0. The highest BCUT2D eigenvalue weighted by Gasteiger charge is 2.36. The van der Waals surface area contributed by atoms with Gasteiger partial charge in [0.1, 0.15) is 12.6 Å². The number of nitrogens with one attached hydrogen (secondary N) is 1. The second-order valence-corrected chi connectivity index (χ2v) is 10.0. The Balaban J connectivity index is 1.08. The maximum absolute atomic E-state index is 12.6. The number of carbonyl (C=O) groups excluding carboxylic acids is 2. The molecular formula is C28H32N2O5. The summed E-state index contributed by atoms with van der Waals surface area (Å²) in [4.78, 5) is 38.0. The molecule has 3 atom stereocenters. The molecule has 2 aromatic carbocycles. The molecule has 0 bridgehead atoms. The summed E-state index contributed by atoms with van der Waals surface area (Å²) in [5, 5.41) is 12.2. The number of rotatable bonds is 7. The molecule has 3 aliphatic rings. The third kappa shape index (κ3) is 4.90. The lowest BCUT2D eigenvalue weighted by Crippen LogP contribution is -2.41. The normalized spacial score (nSPS) is 23.1. The fraction of sp³-hybridized carbons (Fsp3) is 0.464. The first-order chi connectivity index (χ1) is 17.0. The molecule has 0 spiro atoms. The Labute approximate surface area is 205 Å². The minimum absolute atomic E-state index is 0.0373. The smallest absolute Gasteiger partial charge is 0.407 e. The van der Waals surface area contributed by atoms with Crippen LogP contribution in [0.1, 0.15) is 55.6 Å². The highest BCUT2D eigenvalue weighted by atomic mass is 16.5. The molecule has 1 saturated heterocycles. The summed E-state index contributed by atoms with van der Waals surface area (Å²) < 4.78 is 5.63. The van der Waals surface area contributed by atoms with Crippen molar-refractivity contribution in [2.45, 2.75) is 50.5 Å². The number of carboxylic acids is 1. The van der Waals surface area contributed by atoms with Gasteiger partial charge < -0.3 is 20.1 Å². The van der Waals surface area contributed by atoms with E-state index in [0.29, 0.717) is 38.5 Å². The van der Waals surface area contributed by atoms with E-state index < -0.39 is 18.1 Å². The fourth-order valence-corrected chi connectivity index (χ4v) is 6.11.